The lowest BCUT2D eigenvalue weighted by Gasteiger charge is -2.26. The molecule has 1 aromatic carbocycles. The van der Waals surface area contributed by atoms with Crippen molar-refractivity contribution < 1.29 is 22.3 Å². The summed E-state index contributed by atoms with van der Waals surface area (Å²) in [6.07, 6.45) is 5.53. The highest BCUT2D eigenvalue weighted by Gasteiger charge is 2.29. The van der Waals surface area contributed by atoms with Gasteiger partial charge in [0.2, 0.25) is 15.9 Å². The van der Waals surface area contributed by atoms with Gasteiger partial charge in [-0.1, -0.05) is 32.6 Å². The fraction of sp³-hybridized carbons (Fsp3) is 0.611. The first-order valence-electron chi connectivity index (χ1n) is 9.12. The number of morpholine rings is 1. The molecular weight excluding hydrogens is 359 g/mol. The number of nitrogens with zero attached hydrogens (tertiary/aromatic N) is 1. The number of hydrogen-bond acceptors (Lipinski definition) is 4. The summed E-state index contributed by atoms with van der Waals surface area (Å²) in [5, 5.41) is 2.66. The number of hydrogen-bond donors (Lipinski definition) is 1. The Bertz CT molecular complexity index is 703. The summed E-state index contributed by atoms with van der Waals surface area (Å²) >= 11 is 0. The zero-order valence-electron chi connectivity index (χ0n) is 15.2. The van der Waals surface area contributed by atoms with E-state index in [4.69, 9.17) is 4.74 Å². The first-order chi connectivity index (χ1) is 12.4. The molecule has 0 aromatic heterocycles. The fourth-order valence-electron chi connectivity index (χ4n) is 2.82. The molecule has 0 bridgehead atoms. The van der Waals surface area contributed by atoms with Crippen LogP contribution in [-0.2, 0) is 19.6 Å². The maximum Gasteiger partial charge on any atom is 0.246 e. The minimum absolute atomic E-state index is 0.191. The topological polar surface area (TPSA) is 75.7 Å². The molecular formula is C18H27FN2O4S. The van der Waals surface area contributed by atoms with E-state index in [1.165, 1.54) is 16.4 Å². The van der Waals surface area contributed by atoms with Crippen LogP contribution >= 0.6 is 0 Å². The third kappa shape index (κ3) is 5.75. The molecule has 26 heavy (non-hydrogen) atoms. The van der Waals surface area contributed by atoms with Crippen molar-refractivity contribution in [2.24, 2.45) is 0 Å². The lowest BCUT2D eigenvalue weighted by atomic mass is 10.1. The highest BCUT2D eigenvalue weighted by atomic mass is 32.2. The molecule has 1 aliphatic rings. The highest BCUT2D eigenvalue weighted by molar-refractivity contribution is 7.89. The van der Waals surface area contributed by atoms with Crippen LogP contribution in [0.4, 0.5) is 10.1 Å². The average molecular weight is 386 g/mol. The largest absolute Gasteiger partial charge is 0.379 e. The van der Waals surface area contributed by atoms with Crippen molar-refractivity contribution >= 4 is 21.6 Å². The van der Waals surface area contributed by atoms with Crippen LogP contribution in [0.2, 0.25) is 0 Å². The van der Waals surface area contributed by atoms with Crippen LogP contribution in [0.3, 0.4) is 0 Å². The van der Waals surface area contributed by atoms with Gasteiger partial charge in [0.05, 0.1) is 13.2 Å². The zero-order chi connectivity index (χ0) is 19.0. The van der Waals surface area contributed by atoms with Gasteiger partial charge in [0.1, 0.15) is 10.7 Å². The molecule has 0 saturated carbocycles. The Morgan fingerprint density at radius 2 is 1.88 bits per heavy atom. The highest BCUT2D eigenvalue weighted by Crippen LogP contribution is 2.24. The van der Waals surface area contributed by atoms with Gasteiger partial charge in [0, 0.05) is 25.2 Å². The Labute approximate surface area is 154 Å². The third-order valence-corrected chi connectivity index (χ3v) is 6.22. The molecule has 8 heteroatoms. The second-order valence-corrected chi connectivity index (χ2v) is 8.28. The third-order valence-electron chi connectivity index (χ3n) is 4.31. The zero-order valence-corrected chi connectivity index (χ0v) is 16.0. The molecule has 1 amide bonds. The number of carbonyl (C=O) groups excluding carboxylic acids is 1. The summed E-state index contributed by atoms with van der Waals surface area (Å²) in [5.74, 6) is -1.02. The molecule has 1 fully saturated rings. The number of ether oxygens (including phenoxy) is 1. The van der Waals surface area contributed by atoms with Gasteiger partial charge >= 0.3 is 0 Å². The molecule has 1 N–H and O–H groups in total. The van der Waals surface area contributed by atoms with Gasteiger partial charge < -0.3 is 10.1 Å². The lowest BCUT2D eigenvalue weighted by Crippen LogP contribution is -2.40. The molecule has 0 unspecified atom stereocenters. The fourth-order valence-corrected chi connectivity index (χ4v) is 4.32. The molecule has 1 aliphatic heterocycles. The summed E-state index contributed by atoms with van der Waals surface area (Å²) in [5.41, 5.74) is 0.289. The first-order valence-corrected chi connectivity index (χ1v) is 10.6. The maximum absolute atomic E-state index is 14.1. The number of sulfonamides is 1. The molecule has 0 radical (unpaired) electrons. The van der Waals surface area contributed by atoms with Crippen LogP contribution in [0.5, 0.6) is 0 Å². The number of amides is 1. The van der Waals surface area contributed by atoms with E-state index >= 15 is 0 Å². The molecule has 0 atom stereocenters. The molecule has 1 aromatic rings. The predicted molar refractivity (Wildman–Crippen MR) is 98.0 cm³/mol. The van der Waals surface area contributed by atoms with Gasteiger partial charge in [-0.3, -0.25) is 4.79 Å². The van der Waals surface area contributed by atoms with Gasteiger partial charge in [-0.25, -0.2) is 12.8 Å². The van der Waals surface area contributed by atoms with Crippen molar-refractivity contribution in [3.63, 3.8) is 0 Å². The van der Waals surface area contributed by atoms with Gasteiger partial charge in [-0.2, -0.15) is 4.31 Å². The minimum Gasteiger partial charge on any atom is -0.379 e. The number of rotatable bonds is 9. The van der Waals surface area contributed by atoms with Crippen LogP contribution in [-0.4, -0.2) is 44.9 Å². The monoisotopic (exact) mass is 386 g/mol. The summed E-state index contributed by atoms with van der Waals surface area (Å²) in [7, 11) is -3.95. The maximum atomic E-state index is 14.1. The van der Waals surface area contributed by atoms with E-state index in [1.807, 2.05) is 0 Å². The molecule has 6 nitrogen and oxygen atoms in total. The van der Waals surface area contributed by atoms with Crippen LogP contribution in [0.15, 0.2) is 23.1 Å². The molecule has 146 valence electrons. The molecule has 1 saturated heterocycles. The van der Waals surface area contributed by atoms with Crippen LogP contribution in [0.1, 0.15) is 45.4 Å². The summed E-state index contributed by atoms with van der Waals surface area (Å²) < 4.78 is 45.7. The Morgan fingerprint density at radius 3 is 2.58 bits per heavy atom. The van der Waals surface area contributed by atoms with E-state index in [9.17, 15) is 17.6 Å². The van der Waals surface area contributed by atoms with E-state index in [0.29, 0.717) is 6.42 Å². The SMILES string of the molecule is CCCCCCCC(=O)Nc1ccc(F)c(S(=O)(=O)N2CCOCC2)c1. The van der Waals surface area contributed by atoms with Crippen molar-refractivity contribution in [3.05, 3.63) is 24.0 Å². The Balaban J connectivity index is 2.01. The number of benzene rings is 1. The van der Waals surface area contributed by atoms with Crippen LogP contribution in [0, 0.1) is 5.82 Å². The summed E-state index contributed by atoms with van der Waals surface area (Å²) in [4.78, 5) is 11.6. The number of nitrogens with one attached hydrogen (secondary N) is 1. The van der Waals surface area contributed by atoms with Gasteiger partial charge in [0.15, 0.2) is 0 Å². The van der Waals surface area contributed by atoms with E-state index < -0.39 is 20.7 Å². The van der Waals surface area contributed by atoms with E-state index in [2.05, 4.69) is 12.2 Å². The first kappa shape index (κ1) is 20.8. The van der Waals surface area contributed by atoms with E-state index in [1.54, 1.807) is 0 Å². The van der Waals surface area contributed by atoms with Gasteiger partial charge in [0.25, 0.3) is 0 Å². The Morgan fingerprint density at radius 1 is 1.19 bits per heavy atom. The van der Waals surface area contributed by atoms with E-state index in [0.717, 1.165) is 38.2 Å². The number of halogens is 1. The van der Waals surface area contributed by atoms with Crippen LogP contribution in [0.25, 0.3) is 0 Å². The molecule has 0 aliphatic carbocycles. The predicted octanol–water partition coefficient (Wildman–Crippen LogP) is 3.15. The van der Waals surface area contributed by atoms with Gasteiger partial charge in [-0.05, 0) is 24.6 Å². The lowest BCUT2D eigenvalue weighted by molar-refractivity contribution is -0.116. The average Bonchev–Trinajstić information content (AvgIpc) is 2.64. The number of unbranched alkanes of at least 4 members (excludes halogenated alkanes) is 4. The minimum atomic E-state index is -3.95. The van der Waals surface area contributed by atoms with Crippen LogP contribution < -0.4 is 5.32 Å². The second kappa shape index (κ2) is 9.99. The summed E-state index contributed by atoms with van der Waals surface area (Å²) in [6.45, 7) is 3.08. The Kier molecular flexibility index (Phi) is 7.99. The molecule has 2 rings (SSSR count). The van der Waals surface area contributed by atoms with E-state index in [-0.39, 0.29) is 37.9 Å². The second-order valence-electron chi connectivity index (χ2n) is 6.37. The number of carbonyl (C=O) groups is 1. The Hall–Kier alpha value is -1.51. The quantitative estimate of drug-likeness (QED) is 0.662. The normalized spacial score (nSPS) is 15.8. The smallest absolute Gasteiger partial charge is 0.246 e. The van der Waals surface area contributed by atoms with Crippen molar-refractivity contribution in [1.29, 1.82) is 0 Å². The standard InChI is InChI=1S/C18H27FN2O4S/c1-2-3-4-5-6-7-18(22)20-15-8-9-16(19)17(14-15)26(23,24)21-10-12-25-13-11-21/h8-9,14H,2-7,10-13H2,1H3,(H,20,22). The van der Waals surface area contributed by atoms with Crippen molar-refractivity contribution in [1.82, 2.24) is 4.31 Å². The number of anilines is 1. The molecule has 0 spiro atoms. The summed E-state index contributed by atoms with van der Waals surface area (Å²) in [6, 6.07) is 3.64. The molecule has 1 heterocycles. The van der Waals surface area contributed by atoms with Crippen molar-refractivity contribution in [3.8, 4) is 0 Å². The van der Waals surface area contributed by atoms with Gasteiger partial charge in [-0.15, -0.1) is 0 Å². The van der Waals surface area contributed by atoms with Crippen molar-refractivity contribution in [2.75, 3.05) is 31.6 Å². The van der Waals surface area contributed by atoms with Crippen molar-refractivity contribution in [2.45, 2.75) is 50.3 Å².